The molecule has 0 bridgehead atoms. The monoisotopic (exact) mass is 582 g/mol. The molecule has 2 aromatic carbocycles. The van der Waals surface area contributed by atoms with Gasteiger partial charge in [0, 0.05) is 11.1 Å². The van der Waals surface area contributed by atoms with Crippen LogP contribution in [0.5, 0.6) is 0 Å². The molecule has 0 heterocycles. The molecule has 0 amide bonds. The Morgan fingerprint density at radius 3 is 1.68 bits per heavy atom. The van der Waals surface area contributed by atoms with Gasteiger partial charge in [0.1, 0.15) is 6.61 Å². The number of nitrogens with zero attached hydrogens (tertiary/aromatic N) is 2. The van der Waals surface area contributed by atoms with Crippen LogP contribution in [-0.4, -0.2) is 53.2 Å². The minimum atomic E-state index is -5.08. The molecule has 0 aliphatic heterocycles. The van der Waals surface area contributed by atoms with Crippen LogP contribution >= 0.6 is 0 Å². The Bertz CT molecular complexity index is 1150. The Hall–Kier alpha value is -2.04. The summed E-state index contributed by atoms with van der Waals surface area (Å²) in [6.45, 7) is 2.61. The molecule has 0 N–H and O–H groups in total. The van der Waals surface area contributed by atoms with Crippen molar-refractivity contribution in [3.63, 3.8) is 0 Å². The fourth-order valence-corrected chi connectivity index (χ4v) is 2.46. The maximum atomic E-state index is 11.8. The number of halogens is 6. The van der Waals surface area contributed by atoms with Crippen LogP contribution in [0.3, 0.4) is 0 Å². The van der Waals surface area contributed by atoms with Crippen LogP contribution in [0.15, 0.2) is 48.5 Å². The standard InChI is InChI=1S/C10H9F3O3S.C9H8N2O.CHF3O2S.Na/c1-7-4-2-3-5-8(7)9(14)6-16-17(15)10(11,12)13;1-7-4-2-3-5-8(7)9(12)6-11-10;2-1(3,4)7(5)6;/h2-5H,6H2,1H3;2-6H,1H3;(H,5,6);/q;;;+1/p-1. The molecule has 17 heteroatoms. The van der Waals surface area contributed by atoms with E-state index in [1.807, 2.05) is 19.1 Å². The molecule has 37 heavy (non-hydrogen) atoms. The fraction of sp³-hybridized carbons (Fsp3) is 0.250. The summed E-state index contributed by atoms with van der Waals surface area (Å²) in [5.41, 5.74) is 0.410. The molecule has 0 saturated heterocycles. The number of benzene rings is 2. The summed E-state index contributed by atoms with van der Waals surface area (Å²) in [6.07, 6.45) is 0.891. The molecule has 0 fully saturated rings. The van der Waals surface area contributed by atoms with Crippen molar-refractivity contribution in [2.45, 2.75) is 24.9 Å². The van der Waals surface area contributed by atoms with Crippen LogP contribution in [-0.2, 0) is 26.3 Å². The second-order valence-electron chi connectivity index (χ2n) is 6.28. The van der Waals surface area contributed by atoms with Gasteiger partial charge in [0.05, 0.1) is 11.1 Å². The smallest absolute Gasteiger partial charge is 0.766 e. The van der Waals surface area contributed by atoms with E-state index in [2.05, 4.69) is 8.97 Å². The maximum absolute atomic E-state index is 11.8. The summed E-state index contributed by atoms with van der Waals surface area (Å²) in [6, 6.07) is 13.5. The molecule has 2 aromatic rings. The predicted molar refractivity (Wildman–Crippen MR) is 116 cm³/mol. The Kier molecular flexibility index (Phi) is 17.5. The van der Waals surface area contributed by atoms with Crippen molar-refractivity contribution in [2.24, 2.45) is 0 Å². The maximum Gasteiger partial charge on any atom is 1.00 e. The molecular formula is C20H17F6N2NaO6S2. The number of hydrogen-bond donors (Lipinski definition) is 0. The number of ketones is 2. The third-order valence-electron chi connectivity index (χ3n) is 3.71. The first-order valence-electron chi connectivity index (χ1n) is 9.16. The first-order valence-corrected chi connectivity index (χ1v) is 11.3. The fourth-order valence-electron chi connectivity index (χ4n) is 2.11. The van der Waals surface area contributed by atoms with Gasteiger partial charge in [0.15, 0.2) is 5.78 Å². The summed E-state index contributed by atoms with van der Waals surface area (Å²) in [7, 11) is 0. The molecule has 0 aromatic heterocycles. The first-order chi connectivity index (χ1) is 16.5. The molecule has 0 spiro atoms. The SMILES string of the molecule is Cc1ccccc1C(=O)C=[N+]=[N-].Cc1ccccc1C(=O)COS(=O)C(F)(F)F.O=S([O-])C(F)(F)F.[Na+]. The van der Waals surface area contributed by atoms with Crippen molar-refractivity contribution in [3.05, 3.63) is 76.3 Å². The van der Waals surface area contributed by atoms with Crippen molar-refractivity contribution < 1.29 is 87.4 Å². The Balaban J connectivity index is 0. The quantitative estimate of drug-likeness (QED) is 0.0957. The summed E-state index contributed by atoms with van der Waals surface area (Å²) >= 11 is -7.39. The van der Waals surface area contributed by atoms with Gasteiger partial charge in [-0.15, -0.1) is 0 Å². The Labute approximate surface area is 234 Å². The summed E-state index contributed by atoms with van der Waals surface area (Å²) < 4.78 is 99.5. The van der Waals surface area contributed by atoms with Crippen molar-refractivity contribution in [1.29, 1.82) is 0 Å². The van der Waals surface area contributed by atoms with E-state index in [9.17, 15) is 40.1 Å². The summed E-state index contributed by atoms with van der Waals surface area (Å²) in [4.78, 5) is 25.3. The second-order valence-corrected chi connectivity index (χ2v) is 8.39. The summed E-state index contributed by atoms with van der Waals surface area (Å²) in [5, 5.41) is 0. The third-order valence-corrected chi connectivity index (χ3v) is 4.79. The van der Waals surface area contributed by atoms with E-state index in [4.69, 9.17) is 14.3 Å². The molecule has 198 valence electrons. The molecule has 2 rings (SSSR count). The topological polar surface area (TPSA) is 137 Å². The van der Waals surface area contributed by atoms with Gasteiger partial charge in [-0.3, -0.25) is 18.0 Å². The van der Waals surface area contributed by atoms with E-state index in [0.717, 1.165) is 11.8 Å². The third kappa shape index (κ3) is 15.1. The average Bonchev–Trinajstić information content (AvgIpc) is 2.77. The number of carbonyl (C=O) groups is 2. The van der Waals surface area contributed by atoms with Gasteiger partial charge in [-0.2, -0.15) is 31.1 Å². The van der Waals surface area contributed by atoms with Gasteiger partial charge in [-0.05, 0) is 25.0 Å². The van der Waals surface area contributed by atoms with Gasteiger partial charge in [-0.1, -0.05) is 48.5 Å². The van der Waals surface area contributed by atoms with Gasteiger partial charge in [-0.25, -0.2) is 4.21 Å². The van der Waals surface area contributed by atoms with Gasteiger partial charge in [0.25, 0.3) is 16.9 Å². The zero-order chi connectivity index (χ0) is 28.1. The minimum absolute atomic E-state index is 0. The van der Waals surface area contributed by atoms with E-state index >= 15 is 0 Å². The Morgan fingerprint density at radius 1 is 0.919 bits per heavy atom. The van der Waals surface area contributed by atoms with Crippen LogP contribution in [0.2, 0.25) is 0 Å². The minimum Gasteiger partial charge on any atom is -0.766 e. The van der Waals surface area contributed by atoms with Gasteiger partial charge < -0.3 is 10.1 Å². The number of Topliss-reactive ketones (excluding diaryl/α,β-unsaturated/α-hetero) is 2. The van der Waals surface area contributed by atoms with E-state index in [1.54, 1.807) is 37.3 Å². The predicted octanol–water partition coefficient (Wildman–Crippen LogP) is 1.25. The number of aryl methyl sites for hydroxylation is 2. The van der Waals surface area contributed by atoms with Gasteiger partial charge >= 0.3 is 46.8 Å². The number of carbonyl (C=O) groups excluding carboxylic acids is 2. The van der Waals surface area contributed by atoms with Crippen molar-refractivity contribution >= 4 is 39.9 Å². The Morgan fingerprint density at radius 2 is 1.32 bits per heavy atom. The molecule has 2 atom stereocenters. The van der Waals surface area contributed by atoms with E-state index < -0.39 is 45.6 Å². The van der Waals surface area contributed by atoms with Crippen molar-refractivity contribution in [2.75, 3.05) is 6.61 Å². The van der Waals surface area contributed by atoms with Crippen LogP contribution in [0.4, 0.5) is 26.3 Å². The van der Waals surface area contributed by atoms with Crippen molar-refractivity contribution in [3.8, 4) is 0 Å². The molecule has 2 unspecified atom stereocenters. The van der Waals surface area contributed by atoms with Crippen LogP contribution in [0.25, 0.3) is 5.53 Å². The van der Waals surface area contributed by atoms with E-state index in [-0.39, 0.29) is 40.9 Å². The van der Waals surface area contributed by atoms with Crippen LogP contribution < -0.4 is 29.6 Å². The van der Waals surface area contributed by atoms with Gasteiger partial charge in [0.2, 0.25) is 0 Å². The number of alkyl halides is 6. The normalized spacial score (nSPS) is 12.1. The van der Waals surface area contributed by atoms with E-state index in [0.29, 0.717) is 11.1 Å². The largest absolute Gasteiger partial charge is 1.00 e. The molecule has 8 nitrogen and oxygen atoms in total. The van der Waals surface area contributed by atoms with Crippen molar-refractivity contribution in [1.82, 2.24) is 0 Å². The molecule has 0 aliphatic rings. The zero-order valence-electron chi connectivity index (χ0n) is 19.3. The molecule has 0 aliphatic carbocycles. The van der Waals surface area contributed by atoms with Crippen LogP contribution in [0.1, 0.15) is 31.8 Å². The number of hydrogen-bond acceptors (Lipinski definition) is 6. The first kappa shape index (κ1) is 37.1. The molecular weight excluding hydrogens is 565 g/mol. The summed E-state index contributed by atoms with van der Waals surface area (Å²) in [5.74, 6) is -0.920. The average molecular weight is 582 g/mol. The van der Waals surface area contributed by atoms with Crippen LogP contribution in [0, 0.1) is 13.8 Å². The molecule has 0 saturated carbocycles. The molecule has 0 radical (unpaired) electrons. The second kappa shape index (κ2) is 17.5. The van der Waals surface area contributed by atoms with E-state index in [1.165, 1.54) is 6.07 Å². The number of rotatable bonds is 6. The zero-order valence-corrected chi connectivity index (χ0v) is 23.0.